The van der Waals surface area contributed by atoms with Crippen molar-refractivity contribution < 1.29 is 0 Å². The molecule has 0 aliphatic heterocycles. The van der Waals surface area contributed by atoms with E-state index in [-0.39, 0.29) is 0 Å². The summed E-state index contributed by atoms with van der Waals surface area (Å²) in [6.07, 6.45) is 4.54. The molecule has 0 saturated heterocycles. The molecule has 0 unspecified atom stereocenters. The van der Waals surface area contributed by atoms with Gasteiger partial charge in [0.2, 0.25) is 0 Å². The molecular formula is C6H8N4. The minimum absolute atomic E-state index is 0.412. The van der Waals surface area contributed by atoms with E-state index in [0.717, 1.165) is 0 Å². The average molecular weight is 136 g/mol. The van der Waals surface area contributed by atoms with Gasteiger partial charge in [-0.25, -0.2) is 9.97 Å². The molecule has 0 bridgehead atoms. The van der Waals surface area contributed by atoms with Crippen molar-refractivity contribution in [2.75, 3.05) is 11.1 Å². The summed E-state index contributed by atoms with van der Waals surface area (Å²) in [6, 6.07) is 0. The summed E-state index contributed by atoms with van der Waals surface area (Å²) < 4.78 is 0. The molecule has 0 spiro atoms. The first-order chi connectivity index (χ1) is 4.83. The van der Waals surface area contributed by atoms with Crippen molar-refractivity contribution in [3.8, 4) is 0 Å². The second kappa shape index (κ2) is 2.82. The van der Waals surface area contributed by atoms with E-state index in [2.05, 4.69) is 21.9 Å². The third kappa shape index (κ3) is 1.45. The smallest absolute Gasteiger partial charge is 0.148 e. The lowest BCUT2D eigenvalue weighted by atomic mass is 10.6. The van der Waals surface area contributed by atoms with Crippen LogP contribution in [0.1, 0.15) is 0 Å². The standard InChI is InChI=1S/C6H8N4/c1-2-8-6-4-9-5(7)3-10-6/h2-4H,1H2,(H2,7,9)(H,8,10). The molecule has 3 N–H and O–H groups in total. The van der Waals surface area contributed by atoms with Gasteiger partial charge >= 0.3 is 0 Å². The molecule has 0 fully saturated rings. The van der Waals surface area contributed by atoms with Crippen LogP contribution in [-0.4, -0.2) is 9.97 Å². The van der Waals surface area contributed by atoms with E-state index in [1.165, 1.54) is 18.6 Å². The minimum Gasteiger partial charge on any atom is -0.382 e. The van der Waals surface area contributed by atoms with E-state index < -0.39 is 0 Å². The van der Waals surface area contributed by atoms with Crippen LogP contribution in [0.4, 0.5) is 11.6 Å². The second-order valence-electron chi connectivity index (χ2n) is 1.67. The Morgan fingerprint density at radius 1 is 1.50 bits per heavy atom. The predicted molar refractivity (Wildman–Crippen MR) is 40.3 cm³/mol. The average Bonchev–Trinajstić information content (AvgIpc) is 1.95. The third-order valence-corrected chi connectivity index (χ3v) is 0.922. The van der Waals surface area contributed by atoms with E-state index in [1.54, 1.807) is 0 Å². The summed E-state index contributed by atoms with van der Waals surface area (Å²) >= 11 is 0. The van der Waals surface area contributed by atoms with Crippen molar-refractivity contribution in [3.05, 3.63) is 25.2 Å². The highest BCUT2D eigenvalue weighted by Gasteiger charge is 1.88. The Hall–Kier alpha value is -1.58. The van der Waals surface area contributed by atoms with Crippen LogP contribution in [0.2, 0.25) is 0 Å². The number of aromatic nitrogens is 2. The number of hydrogen-bond donors (Lipinski definition) is 2. The van der Waals surface area contributed by atoms with Gasteiger partial charge in [-0.05, 0) is 6.20 Å². The number of nitrogens with one attached hydrogen (secondary N) is 1. The van der Waals surface area contributed by atoms with Gasteiger partial charge < -0.3 is 11.1 Å². The maximum atomic E-state index is 5.30. The fourth-order valence-electron chi connectivity index (χ4n) is 0.517. The lowest BCUT2D eigenvalue weighted by Gasteiger charge is -1.96. The molecule has 4 nitrogen and oxygen atoms in total. The Kier molecular flexibility index (Phi) is 1.84. The summed E-state index contributed by atoms with van der Waals surface area (Å²) in [4.78, 5) is 7.70. The van der Waals surface area contributed by atoms with Crippen LogP contribution in [-0.2, 0) is 0 Å². The Labute approximate surface area is 58.8 Å². The zero-order valence-electron chi connectivity index (χ0n) is 5.41. The highest BCUT2D eigenvalue weighted by Crippen LogP contribution is 2.00. The first-order valence-electron chi connectivity index (χ1n) is 2.78. The maximum absolute atomic E-state index is 5.30. The summed E-state index contributed by atoms with van der Waals surface area (Å²) in [5, 5.41) is 2.77. The zero-order valence-corrected chi connectivity index (χ0v) is 5.41. The Bertz CT molecular complexity index is 216. The fraction of sp³-hybridized carbons (Fsp3) is 0. The Morgan fingerprint density at radius 2 is 2.30 bits per heavy atom. The second-order valence-corrected chi connectivity index (χ2v) is 1.67. The van der Waals surface area contributed by atoms with Crippen LogP contribution >= 0.6 is 0 Å². The first kappa shape index (κ1) is 6.54. The molecule has 0 saturated carbocycles. The molecule has 4 heteroatoms. The van der Waals surface area contributed by atoms with Crippen LogP contribution in [0.15, 0.2) is 25.2 Å². The SMILES string of the molecule is C=CNc1cnc(N)cn1. The van der Waals surface area contributed by atoms with Crippen LogP contribution < -0.4 is 11.1 Å². The Balaban J connectivity index is 2.78. The number of nitrogens with two attached hydrogens (primary N) is 1. The quantitative estimate of drug-likeness (QED) is 0.625. The number of rotatable bonds is 2. The number of hydrogen-bond acceptors (Lipinski definition) is 4. The number of nitrogen functional groups attached to an aromatic ring is 1. The summed E-state index contributed by atoms with van der Waals surface area (Å²) in [5.74, 6) is 1.05. The van der Waals surface area contributed by atoms with E-state index >= 15 is 0 Å². The largest absolute Gasteiger partial charge is 0.382 e. The number of nitrogens with zero attached hydrogens (tertiary/aromatic N) is 2. The summed E-state index contributed by atoms with van der Waals surface area (Å²) in [7, 11) is 0. The molecule has 1 aromatic heterocycles. The van der Waals surface area contributed by atoms with E-state index in [9.17, 15) is 0 Å². The predicted octanol–water partition coefficient (Wildman–Crippen LogP) is 0.614. The van der Waals surface area contributed by atoms with Gasteiger partial charge in [-0.3, -0.25) is 0 Å². The minimum atomic E-state index is 0.412. The zero-order chi connectivity index (χ0) is 7.40. The highest BCUT2D eigenvalue weighted by atomic mass is 15.0. The van der Waals surface area contributed by atoms with Crippen molar-refractivity contribution in [1.29, 1.82) is 0 Å². The van der Waals surface area contributed by atoms with Crippen LogP contribution in [0.3, 0.4) is 0 Å². The van der Waals surface area contributed by atoms with Gasteiger partial charge in [0.25, 0.3) is 0 Å². The molecule has 10 heavy (non-hydrogen) atoms. The van der Waals surface area contributed by atoms with Crippen LogP contribution in [0, 0.1) is 0 Å². The van der Waals surface area contributed by atoms with Gasteiger partial charge in [-0.15, -0.1) is 0 Å². The molecule has 0 amide bonds. The fourth-order valence-corrected chi connectivity index (χ4v) is 0.517. The van der Waals surface area contributed by atoms with E-state index in [1.807, 2.05) is 0 Å². The lowest BCUT2D eigenvalue weighted by Crippen LogP contribution is -1.94. The van der Waals surface area contributed by atoms with Crippen molar-refractivity contribution >= 4 is 11.6 Å². The van der Waals surface area contributed by atoms with E-state index in [4.69, 9.17) is 5.73 Å². The molecule has 0 radical (unpaired) electrons. The molecular weight excluding hydrogens is 128 g/mol. The molecule has 0 aromatic carbocycles. The summed E-state index contributed by atoms with van der Waals surface area (Å²) in [6.45, 7) is 3.47. The van der Waals surface area contributed by atoms with Gasteiger partial charge in [-0.1, -0.05) is 6.58 Å². The highest BCUT2D eigenvalue weighted by molar-refractivity contribution is 5.37. The van der Waals surface area contributed by atoms with Gasteiger partial charge in [0, 0.05) is 0 Å². The monoisotopic (exact) mass is 136 g/mol. The molecule has 1 aromatic rings. The first-order valence-corrected chi connectivity index (χ1v) is 2.78. The van der Waals surface area contributed by atoms with Crippen LogP contribution in [0.5, 0.6) is 0 Å². The third-order valence-electron chi connectivity index (χ3n) is 0.922. The van der Waals surface area contributed by atoms with Crippen molar-refractivity contribution in [2.24, 2.45) is 0 Å². The maximum Gasteiger partial charge on any atom is 0.148 e. The lowest BCUT2D eigenvalue weighted by molar-refractivity contribution is 1.21. The molecule has 0 aliphatic carbocycles. The van der Waals surface area contributed by atoms with Crippen LogP contribution in [0.25, 0.3) is 0 Å². The van der Waals surface area contributed by atoms with Gasteiger partial charge in [0.15, 0.2) is 0 Å². The molecule has 1 rings (SSSR count). The van der Waals surface area contributed by atoms with Gasteiger partial charge in [-0.2, -0.15) is 0 Å². The van der Waals surface area contributed by atoms with Crippen molar-refractivity contribution in [2.45, 2.75) is 0 Å². The topological polar surface area (TPSA) is 63.8 Å². The molecule has 0 aliphatic rings. The van der Waals surface area contributed by atoms with Crippen molar-refractivity contribution in [1.82, 2.24) is 9.97 Å². The van der Waals surface area contributed by atoms with Crippen molar-refractivity contribution in [3.63, 3.8) is 0 Å². The van der Waals surface area contributed by atoms with Gasteiger partial charge in [0.05, 0.1) is 12.4 Å². The number of anilines is 2. The Morgan fingerprint density at radius 3 is 2.80 bits per heavy atom. The normalized spacial score (nSPS) is 8.80. The van der Waals surface area contributed by atoms with Gasteiger partial charge in [0.1, 0.15) is 11.6 Å². The van der Waals surface area contributed by atoms with E-state index in [0.29, 0.717) is 11.6 Å². The summed E-state index contributed by atoms with van der Waals surface area (Å²) in [5.41, 5.74) is 5.30. The molecule has 52 valence electrons. The molecule has 1 heterocycles. The molecule has 0 atom stereocenters.